The first-order chi connectivity index (χ1) is 14.5. The second kappa shape index (κ2) is 8.45. The van der Waals surface area contributed by atoms with Crippen molar-refractivity contribution in [3.63, 3.8) is 0 Å². The fraction of sp³-hybridized carbons (Fsp3) is 0.238. The standard InChI is InChI=1S/C21H20N4O3S2/c1-3-8-25-20(27)16(30-21(25)29)11-15-17(22-12-14-7-5-10-28-14)23-18-13(2)6-4-9-24(18)19(15)26/h4-7,9-11,22H,3,8,12H2,1-2H3/b16-11+. The van der Waals surface area contributed by atoms with Gasteiger partial charge in [-0.1, -0.05) is 37.0 Å². The summed E-state index contributed by atoms with van der Waals surface area (Å²) in [7, 11) is 0. The smallest absolute Gasteiger partial charge is 0.267 e. The number of carbonyl (C=O) groups is 1. The number of pyridine rings is 1. The van der Waals surface area contributed by atoms with Crippen molar-refractivity contribution in [2.45, 2.75) is 26.8 Å². The Morgan fingerprint density at radius 2 is 2.13 bits per heavy atom. The number of fused-ring (bicyclic) bond motifs is 1. The molecule has 0 unspecified atom stereocenters. The normalized spacial score (nSPS) is 15.5. The number of furan rings is 1. The highest BCUT2D eigenvalue weighted by Gasteiger charge is 2.32. The molecular weight excluding hydrogens is 420 g/mol. The molecule has 9 heteroatoms. The number of aryl methyl sites for hydroxylation is 1. The number of nitrogens with one attached hydrogen (secondary N) is 1. The third kappa shape index (κ3) is 3.78. The summed E-state index contributed by atoms with van der Waals surface area (Å²) in [6, 6.07) is 7.32. The van der Waals surface area contributed by atoms with E-state index in [-0.39, 0.29) is 11.5 Å². The number of thiocarbonyl (C=S) groups is 1. The van der Waals surface area contributed by atoms with E-state index in [1.54, 1.807) is 35.6 Å². The fourth-order valence-corrected chi connectivity index (χ4v) is 4.50. The van der Waals surface area contributed by atoms with Crippen molar-refractivity contribution >= 4 is 51.7 Å². The maximum atomic E-state index is 13.3. The minimum Gasteiger partial charge on any atom is -0.467 e. The molecule has 1 aliphatic rings. The van der Waals surface area contributed by atoms with Crippen LogP contribution in [-0.2, 0) is 11.3 Å². The minimum absolute atomic E-state index is 0.183. The molecule has 4 heterocycles. The highest BCUT2D eigenvalue weighted by atomic mass is 32.2. The average molecular weight is 441 g/mol. The van der Waals surface area contributed by atoms with Gasteiger partial charge in [-0.05, 0) is 43.2 Å². The number of anilines is 1. The lowest BCUT2D eigenvalue weighted by molar-refractivity contribution is -0.122. The van der Waals surface area contributed by atoms with Gasteiger partial charge in [-0.3, -0.25) is 18.9 Å². The molecule has 7 nitrogen and oxygen atoms in total. The Morgan fingerprint density at radius 1 is 1.30 bits per heavy atom. The Labute approximate surface area is 182 Å². The Kier molecular flexibility index (Phi) is 5.74. The molecule has 0 saturated carbocycles. The summed E-state index contributed by atoms with van der Waals surface area (Å²) in [5.74, 6) is 0.922. The molecule has 30 heavy (non-hydrogen) atoms. The van der Waals surface area contributed by atoms with Crippen LogP contribution >= 0.6 is 24.0 Å². The number of hydrogen-bond acceptors (Lipinski definition) is 7. The quantitative estimate of drug-likeness (QED) is 0.461. The Morgan fingerprint density at radius 3 is 2.87 bits per heavy atom. The number of aromatic nitrogens is 2. The topological polar surface area (TPSA) is 79.8 Å². The zero-order valence-electron chi connectivity index (χ0n) is 16.5. The molecule has 1 fully saturated rings. The Bertz CT molecular complexity index is 1210. The van der Waals surface area contributed by atoms with Crippen molar-refractivity contribution in [3.8, 4) is 0 Å². The zero-order chi connectivity index (χ0) is 21.3. The van der Waals surface area contributed by atoms with Gasteiger partial charge in [-0.15, -0.1) is 0 Å². The fourth-order valence-electron chi connectivity index (χ4n) is 3.21. The molecule has 1 amide bonds. The average Bonchev–Trinajstić information content (AvgIpc) is 3.34. The number of carbonyl (C=O) groups excluding carboxylic acids is 1. The highest BCUT2D eigenvalue weighted by molar-refractivity contribution is 8.26. The van der Waals surface area contributed by atoms with Crippen LogP contribution in [0.1, 0.15) is 30.2 Å². The van der Waals surface area contributed by atoms with Crippen molar-refractivity contribution in [1.29, 1.82) is 0 Å². The first-order valence-electron chi connectivity index (χ1n) is 9.53. The molecule has 4 rings (SSSR count). The number of thioether (sulfide) groups is 1. The minimum atomic E-state index is -0.258. The van der Waals surface area contributed by atoms with Crippen LogP contribution in [0.5, 0.6) is 0 Å². The van der Waals surface area contributed by atoms with Gasteiger partial charge in [-0.25, -0.2) is 4.98 Å². The maximum Gasteiger partial charge on any atom is 0.267 e. The van der Waals surface area contributed by atoms with Crippen LogP contribution in [0.4, 0.5) is 5.82 Å². The van der Waals surface area contributed by atoms with E-state index in [4.69, 9.17) is 16.6 Å². The molecular formula is C21H20N4O3S2. The summed E-state index contributed by atoms with van der Waals surface area (Å²) in [5, 5.41) is 3.18. The largest absolute Gasteiger partial charge is 0.467 e. The summed E-state index contributed by atoms with van der Waals surface area (Å²) in [6.45, 7) is 4.80. The molecule has 0 spiro atoms. The molecule has 154 valence electrons. The van der Waals surface area contributed by atoms with Gasteiger partial charge in [0.15, 0.2) is 0 Å². The van der Waals surface area contributed by atoms with Gasteiger partial charge < -0.3 is 9.73 Å². The van der Waals surface area contributed by atoms with Gasteiger partial charge >= 0.3 is 0 Å². The molecule has 0 radical (unpaired) electrons. The van der Waals surface area contributed by atoms with E-state index in [2.05, 4.69) is 10.3 Å². The lowest BCUT2D eigenvalue weighted by atomic mass is 10.2. The van der Waals surface area contributed by atoms with Crippen LogP contribution in [0.15, 0.2) is 50.8 Å². The Hall–Kier alpha value is -2.91. The summed E-state index contributed by atoms with van der Waals surface area (Å²) in [6.07, 6.45) is 5.65. The predicted molar refractivity (Wildman–Crippen MR) is 122 cm³/mol. The first kappa shape index (κ1) is 20.4. The number of hydrogen-bond donors (Lipinski definition) is 1. The van der Waals surface area contributed by atoms with Crippen molar-refractivity contribution in [2.24, 2.45) is 0 Å². The van der Waals surface area contributed by atoms with E-state index in [9.17, 15) is 9.59 Å². The van der Waals surface area contributed by atoms with Crippen molar-refractivity contribution < 1.29 is 9.21 Å². The summed E-state index contributed by atoms with van der Waals surface area (Å²) in [5.41, 5.74) is 1.48. The van der Waals surface area contributed by atoms with Crippen LogP contribution in [0, 0.1) is 6.92 Å². The molecule has 0 aliphatic carbocycles. The molecule has 1 aliphatic heterocycles. The van der Waals surface area contributed by atoms with Gasteiger partial charge in [0, 0.05) is 12.7 Å². The van der Waals surface area contributed by atoms with E-state index in [0.717, 1.165) is 12.0 Å². The van der Waals surface area contributed by atoms with Gasteiger partial charge in [-0.2, -0.15) is 0 Å². The van der Waals surface area contributed by atoms with E-state index >= 15 is 0 Å². The molecule has 0 bridgehead atoms. The predicted octanol–water partition coefficient (Wildman–Crippen LogP) is 3.82. The monoisotopic (exact) mass is 440 g/mol. The lowest BCUT2D eigenvalue weighted by Crippen LogP contribution is -2.28. The maximum absolute atomic E-state index is 13.3. The van der Waals surface area contributed by atoms with Gasteiger partial charge in [0.1, 0.15) is 21.5 Å². The van der Waals surface area contributed by atoms with E-state index in [0.29, 0.717) is 45.1 Å². The molecule has 3 aromatic heterocycles. The Balaban J connectivity index is 1.82. The first-order valence-corrected chi connectivity index (χ1v) is 10.8. The van der Waals surface area contributed by atoms with E-state index < -0.39 is 0 Å². The summed E-state index contributed by atoms with van der Waals surface area (Å²) < 4.78 is 7.37. The summed E-state index contributed by atoms with van der Waals surface area (Å²) in [4.78, 5) is 32.7. The van der Waals surface area contributed by atoms with Gasteiger partial charge in [0.25, 0.3) is 11.5 Å². The van der Waals surface area contributed by atoms with Gasteiger partial charge in [0.2, 0.25) is 0 Å². The van der Waals surface area contributed by atoms with Crippen molar-refractivity contribution in [1.82, 2.24) is 14.3 Å². The molecule has 1 N–H and O–H groups in total. The van der Waals surface area contributed by atoms with Crippen LogP contribution in [-0.4, -0.2) is 31.1 Å². The highest BCUT2D eigenvalue weighted by Crippen LogP contribution is 2.33. The SMILES string of the molecule is CCCN1C(=O)/C(=C\c2c(NCc3ccco3)nc3c(C)cccn3c2=O)SC1=S. The molecule has 3 aromatic rings. The number of amides is 1. The van der Waals surface area contributed by atoms with E-state index in [1.165, 1.54) is 16.2 Å². The van der Waals surface area contributed by atoms with Gasteiger partial charge in [0.05, 0.1) is 23.3 Å². The van der Waals surface area contributed by atoms with Crippen molar-refractivity contribution in [2.75, 3.05) is 11.9 Å². The zero-order valence-corrected chi connectivity index (χ0v) is 18.2. The van der Waals surface area contributed by atoms with Crippen molar-refractivity contribution in [3.05, 3.63) is 68.9 Å². The summed E-state index contributed by atoms with van der Waals surface area (Å²) >= 11 is 6.55. The lowest BCUT2D eigenvalue weighted by Gasteiger charge is -2.12. The van der Waals surface area contributed by atoms with Crippen LogP contribution in [0.2, 0.25) is 0 Å². The second-order valence-corrected chi connectivity index (χ2v) is 8.51. The van der Waals surface area contributed by atoms with Crippen LogP contribution < -0.4 is 10.9 Å². The van der Waals surface area contributed by atoms with Crippen LogP contribution in [0.3, 0.4) is 0 Å². The number of nitrogens with zero attached hydrogens (tertiary/aromatic N) is 3. The number of rotatable bonds is 6. The van der Waals surface area contributed by atoms with E-state index in [1.807, 2.05) is 26.0 Å². The third-order valence-electron chi connectivity index (χ3n) is 4.69. The van der Waals surface area contributed by atoms with Crippen LogP contribution in [0.25, 0.3) is 11.7 Å². The molecule has 0 aromatic carbocycles. The molecule has 1 saturated heterocycles. The second-order valence-electron chi connectivity index (χ2n) is 6.83. The molecule has 0 atom stereocenters. The third-order valence-corrected chi connectivity index (χ3v) is 6.07.